The molecule has 94 valence electrons. The first kappa shape index (κ1) is 13.7. The van der Waals surface area contributed by atoms with Gasteiger partial charge in [-0.05, 0) is 24.1 Å². The third-order valence-electron chi connectivity index (χ3n) is 2.47. The van der Waals surface area contributed by atoms with E-state index in [0.717, 1.165) is 0 Å². The number of hydrogen-bond acceptors (Lipinski definition) is 3. The average Bonchev–Trinajstić information content (AvgIpc) is 2.34. The van der Waals surface area contributed by atoms with E-state index in [1.165, 1.54) is 12.1 Å². The maximum absolute atomic E-state index is 11.8. The predicted molar refractivity (Wildman–Crippen MR) is 64.9 cm³/mol. The summed E-state index contributed by atoms with van der Waals surface area (Å²) in [5.74, 6) is -1.78. The largest absolute Gasteiger partial charge is 0.480 e. The number of aliphatic carboxylic acids is 1. The van der Waals surface area contributed by atoms with Crippen LogP contribution in [0.1, 0.15) is 29.8 Å². The minimum absolute atomic E-state index is 0.217. The Balaban J connectivity index is 2.87. The third-order valence-corrected chi connectivity index (χ3v) is 2.47. The predicted octanol–water partition coefficient (Wildman–Crippen LogP) is 1.40. The maximum Gasteiger partial charge on any atom is 0.326 e. The van der Waals surface area contributed by atoms with Crippen molar-refractivity contribution in [1.29, 1.82) is 5.26 Å². The molecule has 1 amide bonds. The van der Waals surface area contributed by atoms with Gasteiger partial charge in [-0.2, -0.15) is 5.26 Å². The van der Waals surface area contributed by atoms with Gasteiger partial charge in [0.05, 0.1) is 11.6 Å². The highest BCUT2D eigenvalue weighted by Gasteiger charge is 2.23. The molecule has 0 aliphatic rings. The van der Waals surface area contributed by atoms with Crippen molar-refractivity contribution in [2.45, 2.75) is 19.9 Å². The highest BCUT2D eigenvalue weighted by molar-refractivity contribution is 5.96. The van der Waals surface area contributed by atoms with Gasteiger partial charge in [0.2, 0.25) is 0 Å². The van der Waals surface area contributed by atoms with Gasteiger partial charge in [0.1, 0.15) is 6.04 Å². The van der Waals surface area contributed by atoms with Crippen molar-refractivity contribution >= 4 is 11.9 Å². The van der Waals surface area contributed by atoms with Gasteiger partial charge in [0, 0.05) is 5.56 Å². The molecule has 1 aromatic rings. The van der Waals surface area contributed by atoms with Gasteiger partial charge in [-0.3, -0.25) is 4.79 Å². The van der Waals surface area contributed by atoms with Crippen LogP contribution in [0.2, 0.25) is 0 Å². The SMILES string of the molecule is CC(C)[C@H](NC(=O)c1cccc(C#N)c1)C(=O)O. The highest BCUT2D eigenvalue weighted by Crippen LogP contribution is 2.07. The van der Waals surface area contributed by atoms with Crippen LogP contribution in [0.5, 0.6) is 0 Å². The fourth-order valence-corrected chi connectivity index (χ4v) is 1.47. The van der Waals surface area contributed by atoms with Crippen molar-refractivity contribution in [2.75, 3.05) is 0 Å². The first-order chi connectivity index (χ1) is 8.45. The quantitative estimate of drug-likeness (QED) is 0.840. The van der Waals surface area contributed by atoms with Crippen LogP contribution in [-0.4, -0.2) is 23.0 Å². The third kappa shape index (κ3) is 3.32. The molecule has 18 heavy (non-hydrogen) atoms. The minimum atomic E-state index is -1.07. The number of carboxylic acids is 1. The van der Waals surface area contributed by atoms with E-state index >= 15 is 0 Å². The van der Waals surface area contributed by atoms with Crippen LogP contribution >= 0.6 is 0 Å². The lowest BCUT2D eigenvalue weighted by Gasteiger charge is -2.17. The van der Waals surface area contributed by atoms with Crippen LogP contribution in [0, 0.1) is 17.2 Å². The average molecular weight is 246 g/mol. The molecule has 0 aliphatic carbocycles. The van der Waals surface area contributed by atoms with E-state index < -0.39 is 17.9 Å². The molecule has 0 saturated heterocycles. The van der Waals surface area contributed by atoms with E-state index in [1.54, 1.807) is 26.0 Å². The number of benzene rings is 1. The lowest BCUT2D eigenvalue weighted by atomic mass is 10.0. The van der Waals surface area contributed by atoms with E-state index in [-0.39, 0.29) is 11.5 Å². The molecule has 0 aromatic heterocycles. The van der Waals surface area contributed by atoms with Gasteiger partial charge < -0.3 is 10.4 Å². The molecule has 0 bridgehead atoms. The molecule has 5 nitrogen and oxygen atoms in total. The first-order valence-electron chi connectivity index (χ1n) is 5.49. The standard InChI is InChI=1S/C13H14N2O3/c1-8(2)11(13(17)18)15-12(16)10-5-3-4-9(6-10)7-14/h3-6,8,11H,1-2H3,(H,15,16)(H,17,18)/t11-/m0/s1. The molecular formula is C13H14N2O3. The number of carbonyl (C=O) groups is 2. The van der Waals surface area contributed by atoms with Crippen molar-refractivity contribution in [3.63, 3.8) is 0 Å². The summed E-state index contributed by atoms with van der Waals surface area (Å²) < 4.78 is 0. The second-order valence-corrected chi connectivity index (χ2v) is 4.23. The Hall–Kier alpha value is -2.35. The van der Waals surface area contributed by atoms with Gasteiger partial charge in [0.25, 0.3) is 5.91 Å². The Morgan fingerprint density at radius 1 is 1.39 bits per heavy atom. The van der Waals surface area contributed by atoms with Crippen molar-refractivity contribution in [3.8, 4) is 6.07 Å². The Bertz CT molecular complexity index is 503. The lowest BCUT2D eigenvalue weighted by molar-refractivity contribution is -0.140. The normalized spacial score (nSPS) is 11.7. The van der Waals surface area contributed by atoms with E-state index in [9.17, 15) is 9.59 Å². The van der Waals surface area contributed by atoms with Gasteiger partial charge in [-0.15, -0.1) is 0 Å². The number of rotatable bonds is 4. The number of hydrogen-bond donors (Lipinski definition) is 2. The molecule has 1 rings (SSSR count). The molecule has 1 atom stereocenters. The zero-order valence-corrected chi connectivity index (χ0v) is 10.2. The summed E-state index contributed by atoms with van der Waals surface area (Å²) in [6.07, 6.45) is 0. The number of nitriles is 1. The molecule has 0 aliphatic heterocycles. The molecule has 0 radical (unpaired) electrons. The van der Waals surface area contributed by atoms with Crippen molar-refractivity contribution < 1.29 is 14.7 Å². The van der Waals surface area contributed by atoms with Gasteiger partial charge >= 0.3 is 5.97 Å². The van der Waals surface area contributed by atoms with Crippen LogP contribution in [0.15, 0.2) is 24.3 Å². The summed E-state index contributed by atoms with van der Waals surface area (Å²) in [6.45, 7) is 3.43. The topological polar surface area (TPSA) is 90.2 Å². The molecule has 0 fully saturated rings. The van der Waals surface area contributed by atoms with Crippen LogP contribution in [0.25, 0.3) is 0 Å². The first-order valence-corrected chi connectivity index (χ1v) is 5.49. The molecule has 0 saturated carbocycles. The van der Waals surface area contributed by atoms with E-state index in [0.29, 0.717) is 5.56 Å². The smallest absolute Gasteiger partial charge is 0.326 e. The summed E-state index contributed by atoms with van der Waals surface area (Å²) >= 11 is 0. The number of amides is 1. The Morgan fingerprint density at radius 3 is 2.56 bits per heavy atom. The number of nitrogens with zero attached hydrogens (tertiary/aromatic N) is 1. The summed E-state index contributed by atoms with van der Waals surface area (Å²) in [5, 5.41) is 20.1. The summed E-state index contributed by atoms with van der Waals surface area (Å²) in [5.41, 5.74) is 0.639. The van der Waals surface area contributed by atoms with Crippen molar-refractivity contribution in [1.82, 2.24) is 5.32 Å². The molecule has 0 heterocycles. The minimum Gasteiger partial charge on any atom is -0.480 e. The summed E-state index contributed by atoms with van der Waals surface area (Å²) in [6, 6.07) is 7.10. The monoisotopic (exact) mass is 246 g/mol. The van der Waals surface area contributed by atoms with Crippen LogP contribution in [-0.2, 0) is 4.79 Å². The number of nitrogens with one attached hydrogen (secondary N) is 1. The summed E-state index contributed by atoms with van der Waals surface area (Å²) in [4.78, 5) is 22.8. The maximum atomic E-state index is 11.8. The van der Waals surface area contributed by atoms with Crippen LogP contribution < -0.4 is 5.32 Å². The molecule has 5 heteroatoms. The van der Waals surface area contributed by atoms with Gasteiger partial charge in [-0.1, -0.05) is 19.9 Å². The van der Waals surface area contributed by atoms with E-state index in [4.69, 9.17) is 10.4 Å². The lowest BCUT2D eigenvalue weighted by Crippen LogP contribution is -2.44. The Morgan fingerprint density at radius 2 is 2.06 bits per heavy atom. The second-order valence-electron chi connectivity index (χ2n) is 4.23. The molecule has 0 spiro atoms. The molecule has 0 unspecified atom stereocenters. The molecular weight excluding hydrogens is 232 g/mol. The number of carbonyl (C=O) groups excluding carboxylic acids is 1. The molecule has 1 aromatic carbocycles. The highest BCUT2D eigenvalue weighted by atomic mass is 16.4. The van der Waals surface area contributed by atoms with E-state index in [1.807, 2.05) is 6.07 Å². The van der Waals surface area contributed by atoms with Crippen LogP contribution in [0.3, 0.4) is 0 Å². The zero-order chi connectivity index (χ0) is 13.7. The zero-order valence-electron chi connectivity index (χ0n) is 10.2. The van der Waals surface area contributed by atoms with E-state index in [2.05, 4.69) is 5.32 Å². The Labute approximate surface area is 105 Å². The fourth-order valence-electron chi connectivity index (χ4n) is 1.47. The Kier molecular flexibility index (Phi) is 4.44. The second kappa shape index (κ2) is 5.82. The van der Waals surface area contributed by atoms with Crippen LogP contribution in [0.4, 0.5) is 0 Å². The van der Waals surface area contributed by atoms with Gasteiger partial charge in [-0.25, -0.2) is 4.79 Å². The van der Waals surface area contributed by atoms with Crippen molar-refractivity contribution in [2.24, 2.45) is 5.92 Å². The van der Waals surface area contributed by atoms with Gasteiger partial charge in [0.15, 0.2) is 0 Å². The molecule has 2 N–H and O–H groups in total. The summed E-state index contributed by atoms with van der Waals surface area (Å²) in [7, 11) is 0. The van der Waals surface area contributed by atoms with Crippen molar-refractivity contribution in [3.05, 3.63) is 35.4 Å². The fraction of sp³-hybridized carbons (Fsp3) is 0.308. The number of carboxylic acid groups (broad SMARTS) is 1.